The Bertz CT molecular complexity index is 955. The van der Waals surface area contributed by atoms with Gasteiger partial charge >= 0.3 is 12.0 Å². The summed E-state index contributed by atoms with van der Waals surface area (Å²) < 4.78 is 5.48. The van der Waals surface area contributed by atoms with E-state index < -0.39 is 18.0 Å². The van der Waals surface area contributed by atoms with Crippen LogP contribution in [0, 0.1) is 5.92 Å². The fraction of sp³-hybridized carbons (Fsp3) is 0.483. The quantitative estimate of drug-likeness (QED) is 0.163. The number of rotatable bonds is 17. The van der Waals surface area contributed by atoms with Crippen molar-refractivity contribution in [3.8, 4) is 0 Å². The Kier molecular flexibility index (Phi) is 14.5. The number of aliphatic hydroxyl groups excluding tert-OH is 1. The lowest BCUT2D eigenvalue weighted by atomic mass is 10.1. The standard InChI is InChI=1S/C29H41N3O6/c1-23(2)17-18-32(19-20-33)29(36)30-26(28(35)37-21-24-11-5-3-6-12-24)15-9-10-16-27(34)31-38-22-25-13-7-4-8-14-25/h3-8,11-14,23,26,33H,9-10,15-22H2,1-2H3,(H,30,36)(H,31,34)/t26-/m0/s1. The summed E-state index contributed by atoms with van der Waals surface area (Å²) in [5, 5.41) is 12.2. The number of carbonyl (C=O) groups is 3. The van der Waals surface area contributed by atoms with Crippen molar-refractivity contribution in [3.05, 3.63) is 71.8 Å². The van der Waals surface area contributed by atoms with Crippen LogP contribution in [0.4, 0.5) is 4.79 Å². The van der Waals surface area contributed by atoms with Crippen molar-refractivity contribution in [2.45, 2.75) is 65.2 Å². The lowest BCUT2D eigenvalue weighted by Gasteiger charge is -2.26. The van der Waals surface area contributed by atoms with Crippen LogP contribution in [-0.4, -0.2) is 53.7 Å². The van der Waals surface area contributed by atoms with Gasteiger partial charge in [-0.05, 0) is 36.3 Å². The molecule has 0 heterocycles. The van der Waals surface area contributed by atoms with Gasteiger partial charge in [0.25, 0.3) is 0 Å². The summed E-state index contributed by atoms with van der Waals surface area (Å²) in [4.78, 5) is 44.7. The Balaban J connectivity index is 1.86. The monoisotopic (exact) mass is 527 g/mol. The molecule has 0 fully saturated rings. The molecular weight excluding hydrogens is 486 g/mol. The fourth-order valence-electron chi connectivity index (χ4n) is 3.63. The van der Waals surface area contributed by atoms with E-state index in [4.69, 9.17) is 9.57 Å². The molecule has 2 aromatic carbocycles. The number of hydroxylamine groups is 1. The smallest absolute Gasteiger partial charge is 0.329 e. The van der Waals surface area contributed by atoms with Crippen molar-refractivity contribution in [2.24, 2.45) is 5.92 Å². The van der Waals surface area contributed by atoms with Crippen molar-refractivity contribution in [1.29, 1.82) is 0 Å². The highest BCUT2D eigenvalue weighted by atomic mass is 16.6. The molecule has 0 aliphatic heterocycles. The van der Waals surface area contributed by atoms with Crippen molar-refractivity contribution in [2.75, 3.05) is 19.7 Å². The van der Waals surface area contributed by atoms with Gasteiger partial charge in [-0.1, -0.05) is 80.9 Å². The van der Waals surface area contributed by atoms with E-state index in [0.29, 0.717) is 31.7 Å². The van der Waals surface area contributed by atoms with Crippen LogP contribution in [0.5, 0.6) is 0 Å². The third-order valence-electron chi connectivity index (χ3n) is 5.85. The molecule has 0 aromatic heterocycles. The minimum absolute atomic E-state index is 0.0981. The average molecular weight is 528 g/mol. The number of nitrogens with one attached hydrogen (secondary N) is 2. The van der Waals surface area contributed by atoms with E-state index in [1.165, 1.54) is 4.90 Å². The number of ether oxygens (including phenoxy) is 1. The minimum Gasteiger partial charge on any atom is -0.459 e. The number of carbonyl (C=O) groups excluding carboxylic acids is 3. The number of unbranched alkanes of at least 4 members (excludes halogenated alkanes) is 1. The summed E-state index contributed by atoms with van der Waals surface area (Å²) >= 11 is 0. The third kappa shape index (κ3) is 12.7. The Morgan fingerprint density at radius 3 is 2.11 bits per heavy atom. The first-order chi connectivity index (χ1) is 18.4. The number of hydrogen-bond acceptors (Lipinski definition) is 6. The van der Waals surface area contributed by atoms with Crippen LogP contribution >= 0.6 is 0 Å². The molecular formula is C29H41N3O6. The molecule has 0 saturated carbocycles. The van der Waals surface area contributed by atoms with Gasteiger partial charge < -0.3 is 20.1 Å². The molecule has 0 aliphatic rings. The van der Waals surface area contributed by atoms with Crippen molar-refractivity contribution >= 4 is 17.9 Å². The highest BCUT2D eigenvalue weighted by Crippen LogP contribution is 2.10. The van der Waals surface area contributed by atoms with Gasteiger partial charge in [0.15, 0.2) is 0 Å². The number of amides is 3. The molecule has 0 aliphatic carbocycles. The predicted molar refractivity (Wildman–Crippen MR) is 145 cm³/mol. The lowest BCUT2D eigenvalue weighted by Crippen LogP contribution is -2.49. The van der Waals surface area contributed by atoms with E-state index in [2.05, 4.69) is 24.6 Å². The van der Waals surface area contributed by atoms with E-state index in [0.717, 1.165) is 17.5 Å². The molecule has 9 heteroatoms. The first-order valence-electron chi connectivity index (χ1n) is 13.2. The number of urea groups is 1. The number of hydrogen-bond donors (Lipinski definition) is 3. The van der Waals surface area contributed by atoms with Gasteiger partial charge in [0.05, 0.1) is 13.2 Å². The Morgan fingerprint density at radius 2 is 1.50 bits per heavy atom. The highest BCUT2D eigenvalue weighted by molar-refractivity contribution is 5.83. The maximum absolute atomic E-state index is 12.9. The maximum Gasteiger partial charge on any atom is 0.329 e. The van der Waals surface area contributed by atoms with Gasteiger partial charge in [-0.3, -0.25) is 9.63 Å². The molecule has 0 radical (unpaired) electrons. The molecule has 9 nitrogen and oxygen atoms in total. The fourth-order valence-corrected chi connectivity index (χ4v) is 3.63. The van der Waals surface area contributed by atoms with Crippen LogP contribution in [0.3, 0.4) is 0 Å². The van der Waals surface area contributed by atoms with Gasteiger partial charge in [0, 0.05) is 19.5 Å². The zero-order valence-electron chi connectivity index (χ0n) is 22.4. The van der Waals surface area contributed by atoms with Crippen LogP contribution in [-0.2, 0) is 32.4 Å². The van der Waals surface area contributed by atoms with Crippen LogP contribution < -0.4 is 10.8 Å². The molecule has 2 aromatic rings. The van der Waals surface area contributed by atoms with Crippen LogP contribution in [0.1, 0.15) is 57.1 Å². The van der Waals surface area contributed by atoms with E-state index in [9.17, 15) is 19.5 Å². The zero-order valence-corrected chi connectivity index (χ0v) is 22.4. The number of benzene rings is 2. The Labute approximate surface area is 225 Å². The molecule has 0 spiro atoms. The topological polar surface area (TPSA) is 117 Å². The first kappa shape index (κ1) is 30.8. The summed E-state index contributed by atoms with van der Waals surface area (Å²) in [5.74, 6) is -0.403. The summed E-state index contributed by atoms with van der Waals surface area (Å²) in [7, 11) is 0. The normalized spacial score (nSPS) is 11.6. The van der Waals surface area contributed by atoms with Gasteiger partial charge in [0.2, 0.25) is 5.91 Å². The minimum atomic E-state index is -0.871. The second-order valence-corrected chi connectivity index (χ2v) is 9.53. The van der Waals surface area contributed by atoms with E-state index >= 15 is 0 Å². The molecule has 0 unspecified atom stereocenters. The molecule has 3 amide bonds. The molecule has 0 saturated heterocycles. The van der Waals surface area contributed by atoms with Crippen molar-refractivity contribution < 1.29 is 29.1 Å². The number of nitrogens with zero attached hydrogens (tertiary/aromatic N) is 1. The number of aliphatic hydroxyl groups is 1. The largest absolute Gasteiger partial charge is 0.459 e. The van der Waals surface area contributed by atoms with Gasteiger partial charge in [-0.25, -0.2) is 15.1 Å². The lowest BCUT2D eigenvalue weighted by molar-refractivity contribution is -0.147. The van der Waals surface area contributed by atoms with Crippen LogP contribution in [0.25, 0.3) is 0 Å². The van der Waals surface area contributed by atoms with E-state index in [1.54, 1.807) is 0 Å². The zero-order chi connectivity index (χ0) is 27.6. The summed E-state index contributed by atoms with van der Waals surface area (Å²) in [6.07, 6.45) is 2.34. The Morgan fingerprint density at radius 1 is 0.868 bits per heavy atom. The summed E-state index contributed by atoms with van der Waals surface area (Å²) in [6, 6.07) is 17.5. The number of esters is 1. The molecule has 0 bridgehead atoms. The molecule has 3 N–H and O–H groups in total. The average Bonchev–Trinajstić information content (AvgIpc) is 2.92. The SMILES string of the molecule is CC(C)CCN(CCO)C(=O)N[C@@H](CCCCC(=O)NOCc1ccccc1)C(=O)OCc1ccccc1. The molecule has 1 atom stereocenters. The van der Waals surface area contributed by atoms with Gasteiger partial charge in [-0.15, -0.1) is 0 Å². The van der Waals surface area contributed by atoms with E-state index in [1.807, 2.05) is 60.7 Å². The van der Waals surface area contributed by atoms with Crippen LogP contribution in [0.2, 0.25) is 0 Å². The van der Waals surface area contributed by atoms with Crippen molar-refractivity contribution in [3.63, 3.8) is 0 Å². The maximum atomic E-state index is 12.9. The molecule has 38 heavy (non-hydrogen) atoms. The molecule has 2 rings (SSSR count). The third-order valence-corrected chi connectivity index (χ3v) is 5.85. The Hall–Kier alpha value is -3.43. The second kappa shape index (κ2) is 17.9. The van der Waals surface area contributed by atoms with Gasteiger partial charge in [-0.2, -0.15) is 0 Å². The van der Waals surface area contributed by atoms with E-state index in [-0.39, 0.29) is 38.7 Å². The van der Waals surface area contributed by atoms with Crippen LogP contribution in [0.15, 0.2) is 60.7 Å². The predicted octanol–water partition coefficient (Wildman–Crippen LogP) is 3.96. The molecule has 208 valence electrons. The van der Waals surface area contributed by atoms with Gasteiger partial charge in [0.1, 0.15) is 12.6 Å². The highest BCUT2D eigenvalue weighted by Gasteiger charge is 2.25. The second-order valence-electron chi connectivity index (χ2n) is 9.53. The van der Waals surface area contributed by atoms with Crippen molar-refractivity contribution in [1.82, 2.24) is 15.7 Å². The first-order valence-corrected chi connectivity index (χ1v) is 13.2. The summed E-state index contributed by atoms with van der Waals surface area (Å²) in [5.41, 5.74) is 4.23. The summed E-state index contributed by atoms with van der Waals surface area (Å²) in [6.45, 7) is 4.96.